The molecular formula is C20H21NO. The fourth-order valence-electron chi connectivity index (χ4n) is 1.86. The fraction of sp³-hybridized carbons (Fsp3) is 0.250. The van der Waals surface area contributed by atoms with Crippen LogP contribution in [0.3, 0.4) is 0 Å². The first kappa shape index (κ1) is 15.9. The second-order valence-electron chi connectivity index (χ2n) is 6.31. The van der Waals surface area contributed by atoms with E-state index < -0.39 is 5.41 Å². The molecule has 0 aromatic heterocycles. The standard InChI is InChI=1S/C20H21NO/c1-15-9-5-6-10-16(15)13-14-17-11-7-8-12-18(17)21-19(22)20(2,3)4/h5-12H,1-4H3,(H,21,22). The van der Waals surface area contributed by atoms with Gasteiger partial charge in [-0.25, -0.2) is 0 Å². The van der Waals surface area contributed by atoms with Gasteiger partial charge in [0, 0.05) is 16.5 Å². The molecule has 0 unspecified atom stereocenters. The first-order valence-corrected chi connectivity index (χ1v) is 7.36. The molecule has 0 atom stereocenters. The highest BCUT2D eigenvalue weighted by molar-refractivity contribution is 5.95. The van der Waals surface area contributed by atoms with Crippen LogP contribution in [0, 0.1) is 24.2 Å². The molecule has 0 heterocycles. The van der Waals surface area contributed by atoms with Crippen molar-refractivity contribution in [2.75, 3.05) is 5.32 Å². The molecule has 1 N–H and O–H groups in total. The zero-order chi connectivity index (χ0) is 16.2. The van der Waals surface area contributed by atoms with Crippen molar-refractivity contribution in [1.82, 2.24) is 0 Å². The predicted octanol–water partition coefficient (Wildman–Crippen LogP) is 4.38. The van der Waals surface area contributed by atoms with Crippen LogP contribution in [0.25, 0.3) is 0 Å². The van der Waals surface area contributed by atoms with Crippen LogP contribution < -0.4 is 5.32 Å². The summed E-state index contributed by atoms with van der Waals surface area (Å²) in [5, 5.41) is 2.96. The summed E-state index contributed by atoms with van der Waals surface area (Å²) < 4.78 is 0. The third-order valence-electron chi connectivity index (χ3n) is 3.33. The zero-order valence-electron chi connectivity index (χ0n) is 13.5. The lowest BCUT2D eigenvalue weighted by Crippen LogP contribution is -2.27. The molecule has 2 rings (SSSR count). The van der Waals surface area contributed by atoms with Gasteiger partial charge in [-0.05, 0) is 30.7 Å². The van der Waals surface area contributed by atoms with Gasteiger partial charge in [0.05, 0.1) is 5.69 Å². The molecule has 22 heavy (non-hydrogen) atoms. The predicted molar refractivity (Wildman–Crippen MR) is 91.7 cm³/mol. The second-order valence-corrected chi connectivity index (χ2v) is 6.31. The maximum atomic E-state index is 12.2. The van der Waals surface area contributed by atoms with Crippen LogP contribution in [0.1, 0.15) is 37.5 Å². The molecule has 112 valence electrons. The zero-order valence-corrected chi connectivity index (χ0v) is 13.5. The Hall–Kier alpha value is -2.53. The summed E-state index contributed by atoms with van der Waals surface area (Å²) >= 11 is 0. The first-order chi connectivity index (χ1) is 10.4. The molecule has 2 heteroatoms. The van der Waals surface area contributed by atoms with Crippen molar-refractivity contribution in [2.45, 2.75) is 27.7 Å². The Morgan fingerprint density at radius 3 is 2.09 bits per heavy atom. The Morgan fingerprint density at radius 1 is 0.909 bits per heavy atom. The van der Waals surface area contributed by atoms with E-state index in [4.69, 9.17) is 0 Å². The summed E-state index contributed by atoms with van der Waals surface area (Å²) in [4.78, 5) is 12.2. The summed E-state index contributed by atoms with van der Waals surface area (Å²) in [5.41, 5.74) is 3.29. The van der Waals surface area contributed by atoms with Crippen LogP contribution >= 0.6 is 0 Å². The van der Waals surface area contributed by atoms with Gasteiger partial charge in [-0.3, -0.25) is 4.79 Å². The Kier molecular flexibility index (Phi) is 4.68. The van der Waals surface area contributed by atoms with Crippen LogP contribution in [0.15, 0.2) is 48.5 Å². The summed E-state index contributed by atoms with van der Waals surface area (Å²) in [5.74, 6) is 6.33. The monoisotopic (exact) mass is 291 g/mol. The van der Waals surface area contributed by atoms with Crippen molar-refractivity contribution >= 4 is 11.6 Å². The molecule has 0 saturated carbocycles. The summed E-state index contributed by atoms with van der Waals surface area (Å²) in [6, 6.07) is 15.6. The number of hydrogen-bond donors (Lipinski definition) is 1. The van der Waals surface area contributed by atoms with Crippen molar-refractivity contribution in [3.63, 3.8) is 0 Å². The van der Waals surface area contributed by atoms with Gasteiger partial charge in [0.2, 0.25) is 5.91 Å². The average Bonchev–Trinajstić information content (AvgIpc) is 2.47. The minimum atomic E-state index is -0.434. The molecule has 2 aromatic rings. The number of carbonyl (C=O) groups excluding carboxylic acids is 1. The molecule has 0 aliphatic rings. The van der Waals surface area contributed by atoms with Crippen molar-refractivity contribution in [1.29, 1.82) is 0 Å². The third kappa shape index (κ3) is 3.99. The molecule has 0 aliphatic carbocycles. The molecule has 0 spiro atoms. The third-order valence-corrected chi connectivity index (χ3v) is 3.33. The summed E-state index contributed by atoms with van der Waals surface area (Å²) in [6.45, 7) is 7.72. The van der Waals surface area contributed by atoms with Gasteiger partial charge in [-0.2, -0.15) is 0 Å². The number of para-hydroxylation sites is 1. The number of benzene rings is 2. The van der Waals surface area contributed by atoms with Gasteiger partial charge >= 0.3 is 0 Å². The van der Waals surface area contributed by atoms with E-state index in [1.165, 1.54) is 0 Å². The Morgan fingerprint density at radius 2 is 1.45 bits per heavy atom. The largest absolute Gasteiger partial charge is 0.325 e. The van der Waals surface area contributed by atoms with Crippen LogP contribution in [0.2, 0.25) is 0 Å². The SMILES string of the molecule is Cc1ccccc1C#Cc1ccccc1NC(=O)C(C)(C)C. The van der Waals surface area contributed by atoms with E-state index in [1.807, 2.05) is 76.2 Å². The Balaban J connectivity index is 2.31. The molecule has 1 amide bonds. The highest BCUT2D eigenvalue weighted by Gasteiger charge is 2.21. The van der Waals surface area contributed by atoms with Crippen molar-refractivity contribution in [3.05, 3.63) is 65.2 Å². The molecule has 0 bridgehead atoms. The number of nitrogens with one attached hydrogen (secondary N) is 1. The summed E-state index contributed by atoms with van der Waals surface area (Å²) in [7, 11) is 0. The minimum absolute atomic E-state index is 0.0161. The van der Waals surface area contributed by atoms with Crippen molar-refractivity contribution in [2.24, 2.45) is 5.41 Å². The molecule has 0 radical (unpaired) electrons. The van der Waals surface area contributed by atoms with Crippen LogP contribution in [-0.2, 0) is 4.79 Å². The topological polar surface area (TPSA) is 29.1 Å². The number of aryl methyl sites for hydroxylation is 1. The first-order valence-electron chi connectivity index (χ1n) is 7.36. The maximum Gasteiger partial charge on any atom is 0.229 e. The van der Waals surface area contributed by atoms with Gasteiger partial charge in [0.25, 0.3) is 0 Å². The lowest BCUT2D eigenvalue weighted by atomic mass is 9.95. The van der Waals surface area contributed by atoms with E-state index in [2.05, 4.69) is 17.2 Å². The number of carbonyl (C=O) groups is 1. The molecular weight excluding hydrogens is 270 g/mol. The van der Waals surface area contributed by atoms with Gasteiger partial charge in [-0.1, -0.05) is 62.9 Å². The number of rotatable bonds is 1. The van der Waals surface area contributed by atoms with E-state index in [1.54, 1.807) is 0 Å². The van der Waals surface area contributed by atoms with Crippen LogP contribution in [0.4, 0.5) is 5.69 Å². The Bertz CT molecular complexity index is 742. The second kappa shape index (κ2) is 6.49. The van der Waals surface area contributed by atoms with E-state index in [0.29, 0.717) is 0 Å². The molecule has 0 saturated heterocycles. The number of amides is 1. The van der Waals surface area contributed by atoms with E-state index in [-0.39, 0.29) is 5.91 Å². The average molecular weight is 291 g/mol. The minimum Gasteiger partial charge on any atom is -0.325 e. The smallest absolute Gasteiger partial charge is 0.229 e. The van der Waals surface area contributed by atoms with Gasteiger partial charge < -0.3 is 5.32 Å². The van der Waals surface area contributed by atoms with E-state index >= 15 is 0 Å². The number of hydrogen-bond acceptors (Lipinski definition) is 1. The van der Waals surface area contributed by atoms with Crippen LogP contribution in [0.5, 0.6) is 0 Å². The molecule has 2 nitrogen and oxygen atoms in total. The maximum absolute atomic E-state index is 12.2. The number of anilines is 1. The highest BCUT2D eigenvalue weighted by atomic mass is 16.2. The van der Waals surface area contributed by atoms with Gasteiger partial charge in [0.15, 0.2) is 0 Å². The lowest BCUT2D eigenvalue weighted by Gasteiger charge is -2.18. The van der Waals surface area contributed by atoms with Crippen molar-refractivity contribution < 1.29 is 4.79 Å². The van der Waals surface area contributed by atoms with E-state index in [9.17, 15) is 4.79 Å². The van der Waals surface area contributed by atoms with E-state index in [0.717, 1.165) is 22.4 Å². The highest BCUT2D eigenvalue weighted by Crippen LogP contribution is 2.20. The van der Waals surface area contributed by atoms with Gasteiger partial charge in [0.1, 0.15) is 0 Å². The molecule has 2 aromatic carbocycles. The quantitative estimate of drug-likeness (QED) is 0.776. The fourth-order valence-corrected chi connectivity index (χ4v) is 1.86. The normalized spacial score (nSPS) is 10.5. The molecule has 0 fully saturated rings. The molecule has 0 aliphatic heterocycles. The Labute approximate surface area is 132 Å². The van der Waals surface area contributed by atoms with Crippen molar-refractivity contribution in [3.8, 4) is 11.8 Å². The van der Waals surface area contributed by atoms with Gasteiger partial charge in [-0.15, -0.1) is 0 Å². The van der Waals surface area contributed by atoms with Crippen LogP contribution in [-0.4, -0.2) is 5.91 Å². The lowest BCUT2D eigenvalue weighted by molar-refractivity contribution is -0.123. The summed E-state index contributed by atoms with van der Waals surface area (Å²) in [6.07, 6.45) is 0.